The molecule has 0 spiro atoms. The number of anilines is 1. The van der Waals surface area contributed by atoms with Crippen molar-refractivity contribution in [2.24, 2.45) is 0 Å². The van der Waals surface area contributed by atoms with Gasteiger partial charge in [-0.25, -0.2) is 4.79 Å². The summed E-state index contributed by atoms with van der Waals surface area (Å²) in [4.78, 5) is 39.3. The van der Waals surface area contributed by atoms with Crippen LogP contribution in [0.4, 0.5) is 5.69 Å². The number of nitrogens with zero attached hydrogens (tertiary/aromatic N) is 1. The van der Waals surface area contributed by atoms with E-state index in [1.54, 1.807) is 43.3 Å². The number of ether oxygens (including phenoxy) is 4. The lowest BCUT2D eigenvalue weighted by Gasteiger charge is -2.26. The third-order valence-corrected chi connectivity index (χ3v) is 8.81. The molecule has 0 fully saturated rings. The topological polar surface area (TPSA) is 187 Å². The quantitative estimate of drug-likeness (QED) is 0.131. The number of hydrogen-bond donors (Lipinski definition) is 4. The van der Waals surface area contributed by atoms with Crippen LogP contribution in [-0.2, 0) is 20.7 Å². The SMILES string of the molecule is COc1ccc(C(CC(=O)NCCc2cc(OC)c(OC)cc2N([O-])O)c2c(O)cc3c(c2O)C(=O)OC(C)CCCC(=O)CCCC=C3)cc1. The average molecular weight is 706 g/mol. The number of Topliss-reactive ketones (excluding diaryl/α,β-unsaturated/α-hetero) is 1. The Morgan fingerprint density at radius 2 is 1.71 bits per heavy atom. The van der Waals surface area contributed by atoms with Gasteiger partial charge in [0.1, 0.15) is 28.6 Å². The highest BCUT2D eigenvalue weighted by Crippen LogP contribution is 2.44. The number of fused-ring (bicyclic) bond motifs is 1. The minimum absolute atomic E-state index is 0.0387. The van der Waals surface area contributed by atoms with Gasteiger partial charge in [-0.3, -0.25) is 14.8 Å². The molecule has 1 amide bonds. The second kappa shape index (κ2) is 18.1. The number of methoxy groups -OCH3 is 3. The zero-order chi connectivity index (χ0) is 37.1. The predicted octanol–water partition coefficient (Wildman–Crippen LogP) is 6.18. The molecule has 0 radical (unpaired) electrons. The Hall–Kier alpha value is -5.27. The van der Waals surface area contributed by atoms with Crippen LogP contribution in [0.25, 0.3) is 6.08 Å². The molecule has 1 heterocycles. The number of cyclic esters (lactones) is 1. The number of rotatable bonds is 11. The number of carbonyl (C=O) groups is 3. The fourth-order valence-electron chi connectivity index (χ4n) is 6.12. The van der Waals surface area contributed by atoms with Crippen LogP contribution < -0.4 is 24.8 Å². The van der Waals surface area contributed by atoms with Gasteiger partial charge in [0.05, 0.1) is 33.1 Å². The lowest BCUT2D eigenvalue weighted by molar-refractivity contribution is -0.121. The Kier molecular flexibility index (Phi) is 13.7. The molecule has 274 valence electrons. The lowest BCUT2D eigenvalue weighted by Crippen LogP contribution is -2.28. The van der Waals surface area contributed by atoms with E-state index in [2.05, 4.69) is 5.32 Å². The summed E-state index contributed by atoms with van der Waals surface area (Å²) in [6.07, 6.45) is 5.71. The summed E-state index contributed by atoms with van der Waals surface area (Å²) in [6.45, 7) is 1.76. The van der Waals surface area contributed by atoms with Gasteiger partial charge in [0.25, 0.3) is 0 Å². The molecule has 2 atom stereocenters. The average Bonchev–Trinajstić information content (AvgIpc) is 3.10. The van der Waals surface area contributed by atoms with Gasteiger partial charge in [-0.15, -0.1) is 0 Å². The van der Waals surface area contributed by atoms with Crippen LogP contribution in [0, 0.1) is 5.21 Å². The standard InChI is InChI=1S/C38H45N2O11/c1-23-9-8-12-27(41)11-7-5-6-10-26-19-31(42)36(37(44)35(26)38(45)51-23)29(24-13-15-28(48-2)16-14-24)21-34(43)39-18-17-25-20-32(49-3)33(50-4)22-30(25)40(46)47/h6,10,13-16,19-20,22-23,29,42,44,46H,5,7-9,11-12,17-18,21H2,1-4H3,(H,39,43)/q-1. The summed E-state index contributed by atoms with van der Waals surface area (Å²) in [5.41, 5.74) is 0.888. The van der Waals surface area contributed by atoms with Crippen molar-refractivity contribution in [2.75, 3.05) is 33.1 Å². The Bertz CT molecular complexity index is 1720. The van der Waals surface area contributed by atoms with Crippen LogP contribution >= 0.6 is 0 Å². The molecular formula is C38H45N2O11-. The molecule has 0 aliphatic carbocycles. The van der Waals surface area contributed by atoms with Crippen LogP contribution in [0.2, 0.25) is 0 Å². The number of phenols is 2. The van der Waals surface area contributed by atoms with Crippen molar-refractivity contribution in [3.05, 3.63) is 81.6 Å². The number of aromatic hydroxyl groups is 2. The van der Waals surface area contributed by atoms with Crippen LogP contribution in [0.5, 0.6) is 28.7 Å². The molecule has 1 aliphatic heterocycles. The molecule has 3 aromatic rings. The molecule has 13 nitrogen and oxygen atoms in total. The van der Waals surface area contributed by atoms with Gasteiger partial charge in [-0.2, -0.15) is 0 Å². The second-order valence-corrected chi connectivity index (χ2v) is 12.3. The minimum Gasteiger partial charge on any atom is -0.733 e. The van der Waals surface area contributed by atoms with E-state index in [9.17, 15) is 35.0 Å². The number of carbonyl (C=O) groups excluding carboxylic acids is 3. The van der Waals surface area contributed by atoms with Crippen LogP contribution in [0.1, 0.15) is 90.4 Å². The van der Waals surface area contributed by atoms with E-state index in [1.807, 2.05) is 0 Å². The van der Waals surface area contributed by atoms with Crippen molar-refractivity contribution >= 4 is 29.4 Å². The highest BCUT2D eigenvalue weighted by molar-refractivity contribution is 5.98. The molecule has 4 rings (SSSR count). The molecule has 1 aliphatic rings. The molecule has 0 bridgehead atoms. The van der Waals surface area contributed by atoms with Crippen molar-refractivity contribution in [3.8, 4) is 28.7 Å². The molecule has 4 N–H and O–H groups in total. The fraction of sp³-hybridized carbons (Fsp3) is 0.395. The first kappa shape index (κ1) is 38.5. The molecule has 13 heteroatoms. The van der Waals surface area contributed by atoms with Crippen molar-refractivity contribution in [1.82, 2.24) is 5.32 Å². The van der Waals surface area contributed by atoms with E-state index in [0.29, 0.717) is 61.2 Å². The Morgan fingerprint density at radius 1 is 1.02 bits per heavy atom. The summed E-state index contributed by atoms with van der Waals surface area (Å²) in [7, 11) is 4.33. The Morgan fingerprint density at radius 3 is 2.37 bits per heavy atom. The summed E-state index contributed by atoms with van der Waals surface area (Å²) < 4.78 is 21.5. The third kappa shape index (κ3) is 9.92. The number of benzene rings is 3. The van der Waals surface area contributed by atoms with Gasteiger partial charge >= 0.3 is 5.97 Å². The minimum atomic E-state index is -0.930. The first-order valence-corrected chi connectivity index (χ1v) is 16.8. The van der Waals surface area contributed by atoms with Crippen LogP contribution in [-0.4, -0.2) is 67.1 Å². The van der Waals surface area contributed by atoms with Crippen molar-refractivity contribution in [2.45, 2.75) is 70.3 Å². The number of hydrogen-bond acceptors (Lipinski definition) is 12. The highest BCUT2D eigenvalue weighted by atomic mass is 16.8. The summed E-state index contributed by atoms with van der Waals surface area (Å²) in [5.74, 6) is -1.79. The smallest absolute Gasteiger partial charge is 0.342 e. The van der Waals surface area contributed by atoms with Crippen LogP contribution in [0.3, 0.4) is 0 Å². The van der Waals surface area contributed by atoms with Gasteiger partial charge in [0, 0.05) is 43.4 Å². The van der Waals surface area contributed by atoms with E-state index >= 15 is 0 Å². The van der Waals surface area contributed by atoms with Gasteiger partial charge < -0.3 is 44.9 Å². The predicted molar refractivity (Wildman–Crippen MR) is 190 cm³/mol. The molecular weight excluding hydrogens is 660 g/mol. The third-order valence-electron chi connectivity index (χ3n) is 8.81. The zero-order valence-electron chi connectivity index (χ0n) is 29.3. The first-order valence-electron chi connectivity index (χ1n) is 16.8. The van der Waals surface area contributed by atoms with Crippen molar-refractivity contribution in [3.63, 3.8) is 0 Å². The molecule has 51 heavy (non-hydrogen) atoms. The summed E-state index contributed by atoms with van der Waals surface area (Å²) in [5, 5.41) is 47.3. The maximum absolute atomic E-state index is 13.6. The molecule has 2 unspecified atom stereocenters. The maximum Gasteiger partial charge on any atom is 0.342 e. The lowest BCUT2D eigenvalue weighted by atomic mass is 9.84. The molecule has 3 aromatic carbocycles. The monoisotopic (exact) mass is 705 g/mol. The molecule has 0 saturated carbocycles. The number of allylic oxidation sites excluding steroid dienone is 1. The van der Waals surface area contributed by atoms with E-state index in [-0.39, 0.29) is 64.3 Å². The van der Waals surface area contributed by atoms with Crippen LogP contribution in [0.15, 0.2) is 48.5 Å². The number of phenolic OH excluding ortho intramolecular Hbond substituents is 2. The van der Waals surface area contributed by atoms with E-state index < -0.39 is 29.6 Å². The first-order chi connectivity index (χ1) is 24.5. The summed E-state index contributed by atoms with van der Waals surface area (Å²) >= 11 is 0. The Balaban J connectivity index is 1.68. The molecule has 0 aromatic heterocycles. The largest absolute Gasteiger partial charge is 0.733 e. The van der Waals surface area contributed by atoms with Crippen molar-refractivity contribution < 1.29 is 48.8 Å². The van der Waals surface area contributed by atoms with E-state index in [1.165, 1.54) is 39.5 Å². The number of amides is 1. The molecule has 0 saturated heterocycles. The highest BCUT2D eigenvalue weighted by Gasteiger charge is 2.31. The van der Waals surface area contributed by atoms with Gasteiger partial charge in [0.2, 0.25) is 5.91 Å². The summed E-state index contributed by atoms with van der Waals surface area (Å²) in [6, 6.07) is 11.0. The van der Waals surface area contributed by atoms with Crippen molar-refractivity contribution in [1.29, 1.82) is 0 Å². The maximum atomic E-state index is 13.6. The Labute approximate surface area is 296 Å². The van der Waals surface area contributed by atoms with E-state index in [0.717, 1.165) is 0 Å². The number of nitrogens with one attached hydrogen (secondary N) is 1. The van der Waals surface area contributed by atoms with Gasteiger partial charge in [-0.1, -0.05) is 24.3 Å². The zero-order valence-corrected chi connectivity index (χ0v) is 29.3. The normalized spacial score (nSPS) is 15.9. The fourth-order valence-corrected chi connectivity index (χ4v) is 6.12. The van der Waals surface area contributed by atoms with Gasteiger partial charge in [-0.05, 0) is 80.0 Å². The van der Waals surface area contributed by atoms with E-state index in [4.69, 9.17) is 18.9 Å². The van der Waals surface area contributed by atoms with Gasteiger partial charge in [0.15, 0.2) is 11.5 Å². The number of esters is 1. The number of ketones is 1. The second-order valence-electron chi connectivity index (χ2n) is 12.3.